The van der Waals surface area contributed by atoms with Crippen molar-refractivity contribution >= 4 is 17.5 Å². The van der Waals surface area contributed by atoms with Crippen LogP contribution in [0.15, 0.2) is 18.2 Å². The normalized spacial score (nSPS) is 20.5. The summed E-state index contributed by atoms with van der Waals surface area (Å²) in [7, 11) is 0. The van der Waals surface area contributed by atoms with Crippen molar-refractivity contribution in [3.63, 3.8) is 0 Å². The minimum absolute atomic E-state index is 0.179. The van der Waals surface area contributed by atoms with Gasteiger partial charge in [0.1, 0.15) is 0 Å². The maximum atomic E-state index is 13.1. The zero-order valence-corrected chi connectivity index (χ0v) is 11.5. The molecule has 0 aromatic heterocycles. The Morgan fingerprint density at radius 1 is 1.47 bits per heavy atom. The number of carbonyl (C=O) groups is 1. The van der Waals surface area contributed by atoms with E-state index in [9.17, 15) is 13.6 Å². The van der Waals surface area contributed by atoms with Crippen molar-refractivity contribution in [3.8, 4) is 0 Å². The minimum atomic E-state index is -0.984. The molecule has 5 heteroatoms. The Balaban J connectivity index is 1.92. The van der Waals surface area contributed by atoms with Crippen LogP contribution in [0.2, 0.25) is 0 Å². The van der Waals surface area contributed by atoms with Gasteiger partial charge in [-0.1, -0.05) is 0 Å². The third-order valence-electron chi connectivity index (χ3n) is 3.13. The highest BCUT2D eigenvalue weighted by Gasteiger charge is 2.21. The molecule has 2 atom stereocenters. The first kappa shape index (κ1) is 14.5. The van der Waals surface area contributed by atoms with Crippen molar-refractivity contribution in [3.05, 3.63) is 35.4 Å². The van der Waals surface area contributed by atoms with Crippen LogP contribution in [0, 0.1) is 11.6 Å². The summed E-state index contributed by atoms with van der Waals surface area (Å²) in [4.78, 5) is 12.1. The maximum Gasteiger partial charge on any atom is 0.175 e. The first-order chi connectivity index (χ1) is 9.08. The Hall–Kier alpha value is -0.940. The molecule has 0 spiro atoms. The molecule has 2 unspecified atom stereocenters. The fraction of sp³-hybridized carbons (Fsp3) is 0.500. The lowest BCUT2D eigenvalue weighted by atomic mass is 10.1. The molecule has 1 aromatic rings. The minimum Gasteiger partial charge on any atom is -0.377 e. The van der Waals surface area contributed by atoms with Crippen LogP contribution >= 0.6 is 11.8 Å². The molecule has 104 valence electrons. The highest BCUT2D eigenvalue weighted by molar-refractivity contribution is 8.00. The van der Waals surface area contributed by atoms with Crippen LogP contribution in [0.3, 0.4) is 0 Å². The molecule has 1 saturated heterocycles. The van der Waals surface area contributed by atoms with Crippen LogP contribution in [-0.4, -0.2) is 29.5 Å². The molecule has 19 heavy (non-hydrogen) atoms. The second-order valence-corrected chi connectivity index (χ2v) is 5.98. The second kappa shape index (κ2) is 6.48. The molecule has 0 radical (unpaired) electrons. The zero-order chi connectivity index (χ0) is 13.8. The molecular formula is C14H16F2O2S. The van der Waals surface area contributed by atoms with Gasteiger partial charge in [-0.15, -0.1) is 11.8 Å². The zero-order valence-electron chi connectivity index (χ0n) is 10.7. The molecular weight excluding hydrogens is 270 g/mol. The number of rotatable bonds is 5. The van der Waals surface area contributed by atoms with Gasteiger partial charge in [-0.05, 0) is 38.0 Å². The lowest BCUT2D eigenvalue weighted by Crippen LogP contribution is -2.18. The van der Waals surface area contributed by atoms with Crippen molar-refractivity contribution in [2.75, 3.05) is 12.4 Å². The van der Waals surface area contributed by atoms with Crippen molar-refractivity contribution in [2.45, 2.75) is 31.1 Å². The van der Waals surface area contributed by atoms with Gasteiger partial charge in [0, 0.05) is 17.9 Å². The molecule has 0 bridgehead atoms. The number of thioether (sulfide) groups is 1. The summed E-state index contributed by atoms with van der Waals surface area (Å²) in [5.74, 6) is -1.34. The standard InChI is InChI=1S/C14H16F2O2S/c1-9(19-8-11-3-2-6-18-11)14(17)10-4-5-12(15)13(16)7-10/h4-5,7,9,11H,2-3,6,8H2,1H3. The Labute approximate surface area is 115 Å². The van der Waals surface area contributed by atoms with E-state index in [4.69, 9.17) is 4.74 Å². The number of hydrogen-bond donors (Lipinski definition) is 0. The molecule has 2 rings (SSSR count). The summed E-state index contributed by atoms with van der Waals surface area (Å²) < 4.78 is 31.4. The Bertz CT molecular complexity index is 459. The van der Waals surface area contributed by atoms with Crippen LogP contribution in [0.4, 0.5) is 8.78 Å². The predicted molar refractivity (Wildman–Crippen MR) is 71.6 cm³/mol. The molecule has 1 fully saturated rings. The van der Waals surface area contributed by atoms with E-state index in [1.54, 1.807) is 6.92 Å². The number of carbonyl (C=O) groups excluding carboxylic acids is 1. The summed E-state index contributed by atoms with van der Waals surface area (Å²) in [6, 6.07) is 3.27. The number of Topliss-reactive ketones (excluding diaryl/α,β-unsaturated/α-hetero) is 1. The highest BCUT2D eigenvalue weighted by Crippen LogP contribution is 2.23. The third kappa shape index (κ3) is 3.76. The topological polar surface area (TPSA) is 26.3 Å². The average Bonchev–Trinajstić information content (AvgIpc) is 2.91. The summed E-state index contributed by atoms with van der Waals surface area (Å²) in [6.07, 6.45) is 2.31. The van der Waals surface area contributed by atoms with E-state index in [1.165, 1.54) is 17.8 Å². The molecule has 1 aliphatic heterocycles. The van der Waals surface area contributed by atoms with Gasteiger partial charge < -0.3 is 4.74 Å². The summed E-state index contributed by atoms with van der Waals surface area (Å²) >= 11 is 1.50. The van der Waals surface area contributed by atoms with Gasteiger partial charge >= 0.3 is 0 Å². The molecule has 1 aromatic carbocycles. The van der Waals surface area contributed by atoms with Gasteiger partial charge in [0.15, 0.2) is 17.4 Å². The van der Waals surface area contributed by atoms with Gasteiger partial charge in [0.2, 0.25) is 0 Å². The van der Waals surface area contributed by atoms with Crippen LogP contribution in [0.5, 0.6) is 0 Å². The Morgan fingerprint density at radius 3 is 2.89 bits per heavy atom. The SMILES string of the molecule is CC(SCC1CCCO1)C(=O)c1ccc(F)c(F)c1. The lowest BCUT2D eigenvalue weighted by Gasteiger charge is -2.13. The van der Waals surface area contributed by atoms with E-state index < -0.39 is 11.6 Å². The number of halogens is 2. The first-order valence-corrected chi connectivity index (χ1v) is 7.35. The molecule has 0 N–H and O–H groups in total. The fourth-order valence-electron chi connectivity index (χ4n) is 1.99. The van der Waals surface area contributed by atoms with E-state index in [2.05, 4.69) is 0 Å². The Morgan fingerprint density at radius 2 is 2.26 bits per heavy atom. The average molecular weight is 286 g/mol. The molecule has 0 saturated carbocycles. The smallest absolute Gasteiger partial charge is 0.175 e. The fourth-order valence-corrected chi connectivity index (χ4v) is 3.04. The van der Waals surface area contributed by atoms with Gasteiger partial charge in [-0.25, -0.2) is 8.78 Å². The Kier molecular flexibility index (Phi) is 4.93. The molecule has 0 aliphatic carbocycles. The quantitative estimate of drug-likeness (QED) is 0.776. The van der Waals surface area contributed by atoms with E-state index in [0.29, 0.717) is 0 Å². The second-order valence-electron chi connectivity index (χ2n) is 4.60. The molecule has 0 amide bonds. The van der Waals surface area contributed by atoms with Crippen molar-refractivity contribution < 1.29 is 18.3 Å². The first-order valence-electron chi connectivity index (χ1n) is 6.30. The van der Waals surface area contributed by atoms with Crippen molar-refractivity contribution in [1.29, 1.82) is 0 Å². The predicted octanol–water partition coefficient (Wildman–Crippen LogP) is 3.45. The molecule has 2 nitrogen and oxygen atoms in total. The van der Waals surface area contributed by atoms with Gasteiger partial charge in [-0.2, -0.15) is 0 Å². The van der Waals surface area contributed by atoms with Crippen LogP contribution in [0.25, 0.3) is 0 Å². The van der Waals surface area contributed by atoms with Crippen LogP contribution < -0.4 is 0 Å². The largest absolute Gasteiger partial charge is 0.377 e. The van der Waals surface area contributed by atoms with E-state index in [-0.39, 0.29) is 22.7 Å². The van der Waals surface area contributed by atoms with Gasteiger partial charge in [0.25, 0.3) is 0 Å². The number of ketones is 1. The monoisotopic (exact) mass is 286 g/mol. The molecule has 1 aliphatic rings. The van der Waals surface area contributed by atoms with E-state index >= 15 is 0 Å². The van der Waals surface area contributed by atoms with E-state index in [0.717, 1.165) is 37.3 Å². The highest BCUT2D eigenvalue weighted by atomic mass is 32.2. The van der Waals surface area contributed by atoms with Crippen LogP contribution in [-0.2, 0) is 4.74 Å². The van der Waals surface area contributed by atoms with E-state index in [1.807, 2.05) is 0 Å². The summed E-state index contributed by atoms with van der Waals surface area (Å²) in [5.41, 5.74) is 0.214. The number of hydrogen-bond acceptors (Lipinski definition) is 3. The lowest BCUT2D eigenvalue weighted by molar-refractivity contribution is 0.0992. The van der Waals surface area contributed by atoms with Crippen molar-refractivity contribution in [2.24, 2.45) is 0 Å². The summed E-state index contributed by atoms with van der Waals surface area (Å²) in [6.45, 7) is 2.57. The third-order valence-corrected chi connectivity index (χ3v) is 4.41. The van der Waals surface area contributed by atoms with Gasteiger partial charge in [0.05, 0.1) is 11.4 Å². The number of benzene rings is 1. The number of ether oxygens (including phenoxy) is 1. The summed E-state index contributed by atoms with van der Waals surface area (Å²) in [5, 5.41) is -0.283. The van der Waals surface area contributed by atoms with Crippen molar-refractivity contribution in [1.82, 2.24) is 0 Å². The van der Waals surface area contributed by atoms with Gasteiger partial charge in [-0.3, -0.25) is 4.79 Å². The molecule has 1 heterocycles. The maximum absolute atomic E-state index is 13.1. The van der Waals surface area contributed by atoms with Crippen LogP contribution in [0.1, 0.15) is 30.1 Å².